The summed E-state index contributed by atoms with van der Waals surface area (Å²) in [5.41, 5.74) is 1.53. The van der Waals surface area contributed by atoms with Crippen molar-refractivity contribution < 1.29 is 4.92 Å². The highest BCUT2D eigenvalue weighted by Gasteiger charge is 2.15. The van der Waals surface area contributed by atoms with Crippen molar-refractivity contribution in [2.75, 3.05) is 5.32 Å². The van der Waals surface area contributed by atoms with E-state index in [0.29, 0.717) is 18.0 Å². The predicted octanol–water partition coefficient (Wildman–Crippen LogP) is 4.40. The van der Waals surface area contributed by atoms with Crippen molar-refractivity contribution in [3.05, 3.63) is 88.6 Å². The summed E-state index contributed by atoms with van der Waals surface area (Å²) in [6, 6.07) is 21.9. The third-order valence-electron chi connectivity index (χ3n) is 3.91. The van der Waals surface area contributed by atoms with Crippen LogP contribution in [0.15, 0.2) is 82.7 Å². The first-order valence-electron chi connectivity index (χ1n) is 8.24. The second-order valence-electron chi connectivity index (χ2n) is 5.77. The van der Waals surface area contributed by atoms with Gasteiger partial charge in [0, 0.05) is 22.4 Å². The maximum Gasteiger partial charge on any atom is 0.368 e. The van der Waals surface area contributed by atoms with E-state index in [2.05, 4.69) is 51.8 Å². The van der Waals surface area contributed by atoms with Crippen LogP contribution in [0.1, 0.15) is 5.56 Å². The first-order valence-corrected chi connectivity index (χ1v) is 9.05. The Morgan fingerprint density at radius 1 is 1.00 bits per heavy atom. The Kier molecular flexibility index (Phi) is 4.71. The van der Waals surface area contributed by atoms with Gasteiger partial charge in [-0.15, -0.1) is 0 Å². The van der Waals surface area contributed by atoms with Crippen LogP contribution in [-0.2, 0) is 6.54 Å². The fourth-order valence-electron chi connectivity index (χ4n) is 2.57. The van der Waals surface area contributed by atoms with Gasteiger partial charge in [-0.2, -0.15) is 0 Å². The molecule has 7 nitrogen and oxygen atoms in total. The minimum atomic E-state index is -0.500. The van der Waals surface area contributed by atoms with E-state index in [9.17, 15) is 10.1 Å². The van der Waals surface area contributed by atoms with Crippen molar-refractivity contribution in [1.29, 1.82) is 0 Å². The smallest absolute Gasteiger partial charge is 0.363 e. The Morgan fingerprint density at radius 2 is 1.74 bits per heavy atom. The molecule has 0 spiro atoms. The second-order valence-corrected chi connectivity index (χ2v) is 6.92. The van der Waals surface area contributed by atoms with Gasteiger partial charge in [-0.1, -0.05) is 51.7 Å². The molecule has 0 atom stereocenters. The summed E-state index contributed by atoms with van der Waals surface area (Å²) in [7, 11) is 0. The van der Waals surface area contributed by atoms with Crippen molar-refractivity contribution in [1.82, 2.24) is 14.6 Å². The van der Waals surface area contributed by atoms with E-state index in [-0.39, 0.29) is 5.82 Å². The number of anilines is 1. The van der Waals surface area contributed by atoms with Crippen molar-refractivity contribution >= 4 is 29.0 Å². The van der Waals surface area contributed by atoms with Crippen LogP contribution in [0, 0.1) is 10.1 Å². The molecule has 0 saturated carbocycles. The van der Waals surface area contributed by atoms with E-state index < -0.39 is 4.92 Å². The lowest BCUT2D eigenvalue weighted by Crippen LogP contribution is -2.05. The van der Waals surface area contributed by atoms with Crippen LogP contribution in [-0.4, -0.2) is 19.5 Å². The number of hydrogen-bond donors (Lipinski definition) is 1. The molecule has 4 rings (SSSR count). The molecule has 0 saturated heterocycles. The Hall–Kier alpha value is -3.39. The average Bonchev–Trinajstić information content (AvgIpc) is 3.12. The Bertz CT molecular complexity index is 1080. The van der Waals surface area contributed by atoms with E-state index in [1.54, 1.807) is 23.9 Å². The molecular weight excluding hydrogens is 362 g/mol. The van der Waals surface area contributed by atoms with Gasteiger partial charge in [-0.05, 0) is 40.8 Å². The predicted molar refractivity (Wildman–Crippen MR) is 104 cm³/mol. The standard InChI is InChI=1S/C19H15N5O2S/c25-24(26)19-13-21-18-11-10-17(22-23(18)19)20-12-14-6-8-16(9-7-14)27-15-4-2-1-3-5-15/h1-11,13H,12H2,(H,20,22). The molecule has 2 aromatic carbocycles. The molecule has 1 N–H and O–H groups in total. The molecule has 0 unspecified atom stereocenters. The van der Waals surface area contributed by atoms with Crippen LogP contribution in [0.3, 0.4) is 0 Å². The fraction of sp³-hybridized carbons (Fsp3) is 0.0526. The summed E-state index contributed by atoms with van der Waals surface area (Å²) in [5.74, 6) is 0.391. The SMILES string of the molecule is O=[N+]([O-])c1cnc2ccc(NCc3ccc(Sc4ccccc4)cc3)nn12. The Labute approximate surface area is 159 Å². The number of fused-ring (bicyclic) bond motifs is 1. The summed E-state index contributed by atoms with van der Waals surface area (Å²) in [6.45, 7) is 0.567. The van der Waals surface area contributed by atoms with Crippen LogP contribution in [0.2, 0.25) is 0 Å². The minimum Gasteiger partial charge on any atom is -0.363 e. The molecule has 4 aromatic rings. The molecular formula is C19H15N5O2S. The largest absolute Gasteiger partial charge is 0.368 e. The first-order chi connectivity index (χ1) is 13.2. The van der Waals surface area contributed by atoms with E-state index in [1.807, 2.05) is 18.2 Å². The summed E-state index contributed by atoms with van der Waals surface area (Å²) < 4.78 is 1.22. The molecule has 0 aliphatic carbocycles. The van der Waals surface area contributed by atoms with Gasteiger partial charge in [0.1, 0.15) is 6.20 Å². The zero-order valence-corrected chi connectivity index (χ0v) is 15.0. The van der Waals surface area contributed by atoms with Crippen molar-refractivity contribution in [2.45, 2.75) is 16.3 Å². The molecule has 0 amide bonds. The van der Waals surface area contributed by atoms with Gasteiger partial charge < -0.3 is 15.4 Å². The average molecular weight is 377 g/mol. The number of nitro groups is 1. The van der Waals surface area contributed by atoms with Gasteiger partial charge in [0.25, 0.3) is 0 Å². The quantitative estimate of drug-likeness (QED) is 0.396. The summed E-state index contributed by atoms with van der Waals surface area (Å²) in [5, 5.41) is 18.4. The minimum absolute atomic E-state index is 0.157. The van der Waals surface area contributed by atoms with Crippen LogP contribution in [0.5, 0.6) is 0 Å². The van der Waals surface area contributed by atoms with Gasteiger partial charge in [0.05, 0.1) is 0 Å². The molecule has 2 aromatic heterocycles. The molecule has 134 valence electrons. The molecule has 0 aliphatic heterocycles. The van der Waals surface area contributed by atoms with Crippen LogP contribution in [0.4, 0.5) is 11.6 Å². The summed E-state index contributed by atoms with van der Waals surface area (Å²) >= 11 is 1.71. The first kappa shape index (κ1) is 17.0. The molecule has 2 heterocycles. The topological polar surface area (TPSA) is 85.4 Å². The zero-order valence-electron chi connectivity index (χ0n) is 14.1. The van der Waals surface area contributed by atoms with E-state index in [0.717, 1.165) is 5.56 Å². The lowest BCUT2D eigenvalue weighted by Gasteiger charge is -2.06. The lowest BCUT2D eigenvalue weighted by molar-refractivity contribution is -0.391. The highest BCUT2D eigenvalue weighted by atomic mass is 32.2. The maximum absolute atomic E-state index is 11.0. The molecule has 0 fully saturated rings. The van der Waals surface area contributed by atoms with Gasteiger partial charge in [-0.25, -0.2) is 4.98 Å². The molecule has 0 radical (unpaired) electrons. The Morgan fingerprint density at radius 3 is 2.48 bits per heavy atom. The van der Waals surface area contributed by atoms with Crippen LogP contribution >= 0.6 is 11.8 Å². The van der Waals surface area contributed by atoms with Gasteiger partial charge in [0.15, 0.2) is 5.82 Å². The summed E-state index contributed by atoms with van der Waals surface area (Å²) in [6.07, 6.45) is 1.20. The van der Waals surface area contributed by atoms with Gasteiger partial charge >= 0.3 is 5.82 Å². The molecule has 27 heavy (non-hydrogen) atoms. The number of imidazole rings is 1. The molecule has 8 heteroatoms. The third kappa shape index (κ3) is 3.90. The lowest BCUT2D eigenvalue weighted by atomic mass is 10.2. The number of nitrogens with one attached hydrogen (secondary N) is 1. The third-order valence-corrected chi connectivity index (χ3v) is 4.92. The van der Waals surface area contributed by atoms with E-state index >= 15 is 0 Å². The molecule has 0 aliphatic rings. The zero-order chi connectivity index (χ0) is 18.6. The monoisotopic (exact) mass is 377 g/mol. The number of benzene rings is 2. The van der Waals surface area contributed by atoms with Crippen LogP contribution in [0.25, 0.3) is 5.65 Å². The van der Waals surface area contributed by atoms with Crippen molar-refractivity contribution in [3.63, 3.8) is 0 Å². The van der Waals surface area contributed by atoms with Crippen molar-refractivity contribution in [3.8, 4) is 0 Å². The second kappa shape index (κ2) is 7.46. The van der Waals surface area contributed by atoms with E-state index in [4.69, 9.17) is 0 Å². The van der Waals surface area contributed by atoms with Gasteiger partial charge in [-0.3, -0.25) is 0 Å². The highest BCUT2D eigenvalue weighted by Crippen LogP contribution is 2.27. The number of aromatic nitrogens is 3. The molecule has 0 bridgehead atoms. The maximum atomic E-state index is 11.0. The van der Waals surface area contributed by atoms with Crippen molar-refractivity contribution in [2.24, 2.45) is 0 Å². The van der Waals surface area contributed by atoms with E-state index in [1.165, 1.54) is 20.5 Å². The summed E-state index contributed by atoms with van der Waals surface area (Å²) in [4.78, 5) is 16.8. The Balaban J connectivity index is 1.43. The normalized spacial score (nSPS) is 10.8. The fourth-order valence-corrected chi connectivity index (χ4v) is 3.41. The number of nitrogens with zero attached hydrogens (tertiary/aromatic N) is 4. The number of hydrogen-bond acceptors (Lipinski definition) is 6. The number of rotatable bonds is 6. The highest BCUT2D eigenvalue weighted by molar-refractivity contribution is 7.99. The van der Waals surface area contributed by atoms with Gasteiger partial charge in [0.2, 0.25) is 5.65 Å². The van der Waals surface area contributed by atoms with Crippen LogP contribution < -0.4 is 5.32 Å².